The molecule has 4 heteroatoms. The molecule has 1 aliphatic rings. The van der Waals surface area contributed by atoms with Gasteiger partial charge in [-0.05, 0) is 19.8 Å². The highest BCUT2D eigenvalue weighted by Gasteiger charge is 2.28. The number of carbonyl (C=O) groups excluding carboxylic acids is 1. The van der Waals surface area contributed by atoms with Crippen molar-refractivity contribution in [3.05, 3.63) is 0 Å². The van der Waals surface area contributed by atoms with Crippen molar-refractivity contribution in [2.75, 3.05) is 26.3 Å². The minimum atomic E-state index is -0.309. The highest BCUT2D eigenvalue weighted by Crippen LogP contribution is 2.17. The summed E-state index contributed by atoms with van der Waals surface area (Å²) in [6, 6.07) is -0.309. The zero-order chi connectivity index (χ0) is 12.0. The first-order chi connectivity index (χ1) is 7.69. The van der Waals surface area contributed by atoms with Crippen molar-refractivity contribution >= 4 is 5.91 Å². The van der Waals surface area contributed by atoms with Crippen molar-refractivity contribution in [2.45, 2.75) is 39.2 Å². The number of carbonyl (C=O) groups is 1. The smallest absolute Gasteiger partial charge is 0.239 e. The molecule has 16 heavy (non-hydrogen) atoms. The molecule has 1 saturated heterocycles. The van der Waals surface area contributed by atoms with Crippen LogP contribution >= 0.6 is 0 Å². The minimum Gasteiger partial charge on any atom is -0.381 e. The third-order valence-corrected chi connectivity index (χ3v) is 3.07. The summed E-state index contributed by atoms with van der Waals surface area (Å²) in [5.74, 6) is 0.610. The van der Waals surface area contributed by atoms with Gasteiger partial charge in [0.25, 0.3) is 0 Å². The number of hydrogen-bond donors (Lipinski definition) is 1. The molecule has 0 aliphatic carbocycles. The molecule has 1 aliphatic heterocycles. The molecular formula is C12H24N2O2. The maximum absolute atomic E-state index is 11.9. The van der Waals surface area contributed by atoms with Crippen molar-refractivity contribution < 1.29 is 9.53 Å². The van der Waals surface area contributed by atoms with Crippen LogP contribution in [0, 0.1) is 5.92 Å². The van der Waals surface area contributed by atoms with Crippen LogP contribution < -0.4 is 5.73 Å². The van der Waals surface area contributed by atoms with Crippen LogP contribution in [-0.2, 0) is 9.53 Å². The lowest BCUT2D eigenvalue weighted by atomic mass is 10.1. The van der Waals surface area contributed by atoms with Gasteiger partial charge in [-0.1, -0.05) is 13.3 Å². The molecule has 0 aromatic carbocycles. The van der Waals surface area contributed by atoms with Gasteiger partial charge in [0.2, 0.25) is 5.91 Å². The maximum Gasteiger partial charge on any atom is 0.239 e. The highest BCUT2D eigenvalue weighted by molar-refractivity contribution is 5.81. The fourth-order valence-corrected chi connectivity index (χ4v) is 2.12. The summed E-state index contributed by atoms with van der Waals surface area (Å²) < 4.78 is 5.38. The Bertz CT molecular complexity index is 221. The predicted octanol–water partition coefficient (Wildman–Crippen LogP) is 0.999. The van der Waals surface area contributed by atoms with E-state index in [0.717, 1.165) is 45.6 Å². The second kappa shape index (κ2) is 6.86. The number of nitrogens with zero attached hydrogens (tertiary/aromatic N) is 1. The Morgan fingerprint density at radius 1 is 1.56 bits per heavy atom. The number of likely N-dealkylation sites (tertiary alicyclic amines) is 1. The number of amides is 1. The molecule has 94 valence electrons. The summed E-state index contributed by atoms with van der Waals surface area (Å²) in [6.07, 6.45) is 2.79. The van der Waals surface area contributed by atoms with Crippen molar-refractivity contribution in [1.29, 1.82) is 0 Å². The van der Waals surface area contributed by atoms with Crippen LogP contribution in [0.3, 0.4) is 0 Å². The van der Waals surface area contributed by atoms with E-state index in [0.29, 0.717) is 5.92 Å². The van der Waals surface area contributed by atoms with E-state index in [1.54, 1.807) is 0 Å². The molecule has 1 fully saturated rings. The summed E-state index contributed by atoms with van der Waals surface area (Å²) >= 11 is 0. The van der Waals surface area contributed by atoms with Gasteiger partial charge in [0, 0.05) is 25.6 Å². The normalized spacial score (nSPS) is 22.4. The Kier molecular flexibility index (Phi) is 5.77. The first-order valence-electron chi connectivity index (χ1n) is 6.31. The second-order valence-electron chi connectivity index (χ2n) is 4.49. The van der Waals surface area contributed by atoms with Gasteiger partial charge in [0.15, 0.2) is 0 Å². The van der Waals surface area contributed by atoms with E-state index in [9.17, 15) is 4.79 Å². The molecule has 0 spiro atoms. The predicted molar refractivity (Wildman–Crippen MR) is 64.1 cm³/mol. The SMILES string of the molecule is CCCC(N)C(=O)N1CCC(COCC)C1. The number of nitrogens with two attached hydrogens (primary N) is 1. The van der Waals surface area contributed by atoms with Crippen LogP contribution in [0.1, 0.15) is 33.1 Å². The average molecular weight is 228 g/mol. The molecule has 4 nitrogen and oxygen atoms in total. The number of hydrogen-bond acceptors (Lipinski definition) is 3. The second-order valence-corrected chi connectivity index (χ2v) is 4.49. The average Bonchev–Trinajstić information content (AvgIpc) is 2.74. The summed E-state index contributed by atoms with van der Waals surface area (Å²) in [5, 5.41) is 0. The first kappa shape index (κ1) is 13.5. The Labute approximate surface area is 98.1 Å². The topological polar surface area (TPSA) is 55.6 Å². The molecular weight excluding hydrogens is 204 g/mol. The molecule has 0 aromatic heterocycles. The van der Waals surface area contributed by atoms with E-state index < -0.39 is 0 Å². The zero-order valence-electron chi connectivity index (χ0n) is 10.4. The molecule has 2 atom stereocenters. The highest BCUT2D eigenvalue weighted by atomic mass is 16.5. The summed E-state index contributed by atoms with van der Waals surface area (Å²) in [4.78, 5) is 13.8. The van der Waals surface area contributed by atoms with Crippen LogP contribution in [0.4, 0.5) is 0 Å². The molecule has 2 N–H and O–H groups in total. The van der Waals surface area contributed by atoms with E-state index in [2.05, 4.69) is 6.92 Å². The van der Waals surface area contributed by atoms with Gasteiger partial charge < -0.3 is 15.4 Å². The lowest BCUT2D eigenvalue weighted by Gasteiger charge is -2.20. The first-order valence-corrected chi connectivity index (χ1v) is 6.31. The van der Waals surface area contributed by atoms with Crippen molar-refractivity contribution in [3.63, 3.8) is 0 Å². The van der Waals surface area contributed by atoms with Gasteiger partial charge in [-0.15, -0.1) is 0 Å². The summed E-state index contributed by atoms with van der Waals surface area (Å²) in [7, 11) is 0. The standard InChI is InChI=1S/C12H24N2O2/c1-3-5-11(13)12(15)14-7-6-10(8-14)9-16-4-2/h10-11H,3-9,13H2,1-2H3. The van der Waals surface area contributed by atoms with Crippen LogP contribution in [0.15, 0.2) is 0 Å². The van der Waals surface area contributed by atoms with Crippen molar-refractivity contribution in [2.24, 2.45) is 11.7 Å². The van der Waals surface area contributed by atoms with Crippen LogP contribution in [0.25, 0.3) is 0 Å². The van der Waals surface area contributed by atoms with E-state index >= 15 is 0 Å². The van der Waals surface area contributed by atoms with Crippen LogP contribution in [0.5, 0.6) is 0 Å². The van der Waals surface area contributed by atoms with E-state index in [4.69, 9.17) is 10.5 Å². The largest absolute Gasteiger partial charge is 0.381 e. The van der Waals surface area contributed by atoms with Crippen LogP contribution in [-0.4, -0.2) is 43.2 Å². The van der Waals surface area contributed by atoms with E-state index in [-0.39, 0.29) is 11.9 Å². The summed E-state index contributed by atoms with van der Waals surface area (Å²) in [6.45, 7) is 7.22. The zero-order valence-corrected chi connectivity index (χ0v) is 10.4. The number of ether oxygens (including phenoxy) is 1. The van der Waals surface area contributed by atoms with Gasteiger partial charge in [-0.25, -0.2) is 0 Å². The lowest BCUT2D eigenvalue weighted by molar-refractivity contribution is -0.131. The molecule has 0 saturated carbocycles. The molecule has 1 heterocycles. The van der Waals surface area contributed by atoms with Gasteiger partial charge >= 0.3 is 0 Å². The lowest BCUT2D eigenvalue weighted by Crippen LogP contribution is -2.42. The third-order valence-electron chi connectivity index (χ3n) is 3.07. The fraction of sp³-hybridized carbons (Fsp3) is 0.917. The van der Waals surface area contributed by atoms with Gasteiger partial charge in [0.1, 0.15) is 0 Å². The van der Waals surface area contributed by atoms with E-state index in [1.165, 1.54) is 0 Å². The van der Waals surface area contributed by atoms with Crippen molar-refractivity contribution in [1.82, 2.24) is 4.90 Å². The maximum atomic E-state index is 11.9. The Morgan fingerprint density at radius 2 is 2.31 bits per heavy atom. The summed E-state index contributed by atoms with van der Waals surface area (Å²) in [5.41, 5.74) is 5.83. The third kappa shape index (κ3) is 3.76. The Morgan fingerprint density at radius 3 is 2.94 bits per heavy atom. The molecule has 1 amide bonds. The fourth-order valence-electron chi connectivity index (χ4n) is 2.12. The monoisotopic (exact) mass is 228 g/mol. The van der Waals surface area contributed by atoms with Gasteiger partial charge in [-0.2, -0.15) is 0 Å². The molecule has 0 bridgehead atoms. The Balaban J connectivity index is 2.31. The van der Waals surface area contributed by atoms with Gasteiger partial charge in [0.05, 0.1) is 12.6 Å². The molecule has 1 rings (SSSR count). The van der Waals surface area contributed by atoms with Crippen LogP contribution in [0.2, 0.25) is 0 Å². The van der Waals surface area contributed by atoms with E-state index in [1.807, 2.05) is 11.8 Å². The molecule has 0 aromatic rings. The minimum absolute atomic E-state index is 0.112. The van der Waals surface area contributed by atoms with Gasteiger partial charge in [-0.3, -0.25) is 4.79 Å². The molecule has 2 unspecified atom stereocenters. The Hall–Kier alpha value is -0.610. The quantitative estimate of drug-likeness (QED) is 0.738. The van der Waals surface area contributed by atoms with Crippen molar-refractivity contribution in [3.8, 4) is 0 Å². The number of rotatable bonds is 6. The molecule has 0 radical (unpaired) electrons.